The fourth-order valence-electron chi connectivity index (χ4n) is 3.40. The van der Waals surface area contributed by atoms with Crippen LogP contribution in [-0.4, -0.2) is 22.8 Å². The van der Waals surface area contributed by atoms with Gasteiger partial charge in [-0.3, -0.25) is 5.32 Å². The van der Waals surface area contributed by atoms with Crippen LogP contribution < -0.4 is 5.32 Å². The van der Waals surface area contributed by atoms with Crippen molar-refractivity contribution in [3.05, 3.63) is 82.1 Å². The van der Waals surface area contributed by atoms with Crippen LogP contribution in [0.5, 0.6) is 0 Å². The van der Waals surface area contributed by atoms with Gasteiger partial charge >= 0.3 is 6.09 Å². The van der Waals surface area contributed by atoms with Crippen molar-refractivity contribution >= 4 is 27.7 Å². The molecule has 6 heteroatoms. The first-order valence-electron chi connectivity index (χ1n) is 8.55. The van der Waals surface area contributed by atoms with E-state index in [1.165, 1.54) is 22.3 Å². The van der Waals surface area contributed by atoms with Gasteiger partial charge in [0.1, 0.15) is 11.2 Å². The largest absolute Gasteiger partial charge is 0.448 e. The summed E-state index contributed by atoms with van der Waals surface area (Å²) in [5, 5.41) is 11.8. The number of anilines is 1. The van der Waals surface area contributed by atoms with Gasteiger partial charge < -0.3 is 9.84 Å². The molecule has 0 fully saturated rings. The number of hydrogen-bond acceptors (Lipinski definition) is 4. The SMILES string of the molecule is O=C(Nc1ccc(CO)nc1Br)OCC1c2ccccc2-c2ccccc21. The van der Waals surface area contributed by atoms with Crippen LogP contribution in [0.25, 0.3) is 11.1 Å². The van der Waals surface area contributed by atoms with Gasteiger partial charge in [0, 0.05) is 5.92 Å². The number of halogens is 1. The van der Waals surface area contributed by atoms with Crippen molar-refractivity contribution < 1.29 is 14.6 Å². The summed E-state index contributed by atoms with van der Waals surface area (Å²) in [6, 6.07) is 19.7. The molecule has 2 N–H and O–H groups in total. The standard InChI is InChI=1S/C21H17BrN2O3/c22-20-19(10-9-13(11-25)23-20)24-21(26)27-12-18-16-7-3-1-5-14(16)15-6-2-4-8-17(15)18/h1-10,18,25H,11-12H2,(H,24,26). The first-order chi connectivity index (χ1) is 13.2. The zero-order valence-corrected chi connectivity index (χ0v) is 15.9. The van der Waals surface area contributed by atoms with Crippen molar-refractivity contribution in [3.8, 4) is 11.1 Å². The predicted octanol–water partition coefficient (Wildman–Crippen LogP) is 4.70. The van der Waals surface area contributed by atoms with Crippen LogP contribution in [0, 0.1) is 0 Å². The Morgan fingerprint density at radius 1 is 1.04 bits per heavy atom. The van der Waals surface area contributed by atoms with E-state index in [-0.39, 0.29) is 19.1 Å². The summed E-state index contributed by atoms with van der Waals surface area (Å²) < 4.78 is 5.95. The number of hydrogen-bond donors (Lipinski definition) is 2. The molecule has 136 valence electrons. The van der Waals surface area contributed by atoms with Crippen LogP contribution in [0.1, 0.15) is 22.7 Å². The number of nitrogens with zero attached hydrogens (tertiary/aromatic N) is 1. The topological polar surface area (TPSA) is 71.5 Å². The van der Waals surface area contributed by atoms with Crippen molar-refractivity contribution in [1.29, 1.82) is 0 Å². The van der Waals surface area contributed by atoms with Crippen molar-refractivity contribution in [1.82, 2.24) is 4.98 Å². The lowest BCUT2D eigenvalue weighted by Crippen LogP contribution is -2.18. The quantitative estimate of drug-likeness (QED) is 0.595. The molecule has 1 aliphatic carbocycles. The molecule has 5 nitrogen and oxygen atoms in total. The van der Waals surface area contributed by atoms with Gasteiger partial charge in [0.25, 0.3) is 0 Å². The molecule has 1 aromatic heterocycles. The number of benzene rings is 2. The first-order valence-corrected chi connectivity index (χ1v) is 9.35. The molecule has 0 radical (unpaired) electrons. The molecule has 1 amide bonds. The molecule has 0 spiro atoms. The number of carbonyl (C=O) groups is 1. The van der Waals surface area contributed by atoms with Gasteiger partial charge in [-0.2, -0.15) is 0 Å². The van der Waals surface area contributed by atoms with Crippen LogP contribution in [0.3, 0.4) is 0 Å². The van der Waals surface area contributed by atoms with Crippen LogP contribution in [-0.2, 0) is 11.3 Å². The average molecular weight is 425 g/mol. The number of ether oxygens (including phenoxy) is 1. The zero-order chi connectivity index (χ0) is 18.8. The second kappa shape index (κ2) is 7.50. The highest BCUT2D eigenvalue weighted by molar-refractivity contribution is 9.10. The summed E-state index contributed by atoms with van der Waals surface area (Å²) in [7, 11) is 0. The van der Waals surface area contributed by atoms with Gasteiger partial charge in [-0.25, -0.2) is 9.78 Å². The maximum Gasteiger partial charge on any atom is 0.411 e. The number of fused-ring (bicyclic) bond motifs is 3. The number of aromatic nitrogens is 1. The maximum atomic E-state index is 12.3. The Bertz CT molecular complexity index is 961. The Kier molecular flexibility index (Phi) is 4.92. The molecule has 0 saturated carbocycles. The zero-order valence-electron chi connectivity index (χ0n) is 14.4. The molecule has 0 saturated heterocycles. The number of aliphatic hydroxyl groups excluding tert-OH is 1. The first kappa shape index (κ1) is 17.7. The van der Waals surface area contributed by atoms with E-state index in [4.69, 9.17) is 9.84 Å². The Labute approximate surface area is 165 Å². The van der Waals surface area contributed by atoms with Crippen LogP contribution in [0.15, 0.2) is 65.3 Å². The van der Waals surface area contributed by atoms with E-state index in [1.54, 1.807) is 12.1 Å². The van der Waals surface area contributed by atoms with Gasteiger partial charge in [0.2, 0.25) is 0 Å². The molecule has 1 heterocycles. The highest BCUT2D eigenvalue weighted by Crippen LogP contribution is 2.44. The predicted molar refractivity (Wildman–Crippen MR) is 107 cm³/mol. The summed E-state index contributed by atoms with van der Waals surface area (Å²) in [5.74, 6) is 0.0153. The molecular weight excluding hydrogens is 408 g/mol. The molecule has 0 unspecified atom stereocenters. The van der Waals surface area contributed by atoms with E-state index in [1.807, 2.05) is 24.3 Å². The molecule has 4 rings (SSSR count). The minimum absolute atomic E-state index is 0.0153. The fourth-order valence-corrected chi connectivity index (χ4v) is 3.86. The molecule has 0 atom stereocenters. The number of aliphatic hydroxyl groups is 1. The molecule has 0 bridgehead atoms. The third-order valence-corrected chi connectivity index (χ3v) is 5.25. The molecular formula is C21H17BrN2O3. The lowest BCUT2D eigenvalue weighted by Gasteiger charge is -2.15. The number of nitrogens with one attached hydrogen (secondary N) is 1. The number of pyridine rings is 1. The van der Waals surface area contributed by atoms with E-state index >= 15 is 0 Å². The van der Waals surface area contributed by atoms with E-state index in [0.717, 1.165) is 0 Å². The third-order valence-electron chi connectivity index (χ3n) is 4.65. The summed E-state index contributed by atoms with van der Waals surface area (Å²) in [5.41, 5.74) is 5.72. The summed E-state index contributed by atoms with van der Waals surface area (Å²) >= 11 is 3.28. The summed E-state index contributed by atoms with van der Waals surface area (Å²) in [6.07, 6.45) is -0.545. The van der Waals surface area contributed by atoms with Crippen molar-refractivity contribution in [2.24, 2.45) is 0 Å². The molecule has 27 heavy (non-hydrogen) atoms. The molecule has 3 aromatic rings. The van der Waals surface area contributed by atoms with Gasteiger partial charge in [-0.1, -0.05) is 48.5 Å². The van der Waals surface area contributed by atoms with Gasteiger partial charge in [-0.05, 0) is 50.3 Å². The van der Waals surface area contributed by atoms with Crippen molar-refractivity contribution in [2.75, 3.05) is 11.9 Å². The summed E-state index contributed by atoms with van der Waals surface area (Å²) in [6.45, 7) is 0.0868. The Balaban J connectivity index is 1.48. The number of amides is 1. The lowest BCUT2D eigenvalue weighted by atomic mass is 9.98. The summed E-state index contributed by atoms with van der Waals surface area (Å²) in [4.78, 5) is 16.4. The Morgan fingerprint density at radius 3 is 2.26 bits per heavy atom. The van der Waals surface area contributed by atoms with Gasteiger partial charge in [0.15, 0.2) is 0 Å². The van der Waals surface area contributed by atoms with E-state index in [2.05, 4.69) is 50.5 Å². The average Bonchev–Trinajstić information content (AvgIpc) is 3.02. The molecule has 2 aromatic carbocycles. The van der Waals surface area contributed by atoms with Crippen LogP contribution in [0.2, 0.25) is 0 Å². The van der Waals surface area contributed by atoms with E-state index in [0.29, 0.717) is 16.0 Å². The fraction of sp³-hybridized carbons (Fsp3) is 0.143. The Hall–Kier alpha value is -2.70. The molecule has 0 aliphatic heterocycles. The van der Waals surface area contributed by atoms with Crippen LogP contribution >= 0.6 is 15.9 Å². The van der Waals surface area contributed by atoms with Crippen molar-refractivity contribution in [3.63, 3.8) is 0 Å². The minimum atomic E-state index is -0.545. The van der Waals surface area contributed by atoms with E-state index < -0.39 is 6.09 Å². The van der Waals surface area contributed by atoms with Crippen molar-refractivity contribution in [2.45, 2.75) is 12.5 Å². The second-order valence-corrected chi connectivity index (χ2v) is 7.00. The molecule has 1 aliphatic rings. The minimum Gasteiger partial charge on any atom is -0.448 e. The monoisotopic (exact) mass is 424 g/mol. The smallest absolute Gasteiger partial charge is 0.411 e. The highest BCUT2D eigenvalue weighted by atomic mass is 79.9. The van der Waals surface area contributed by atoms with Crippen LogP contribution in [0.4, 0.5) is 10.5 Å². The third kappa shape index (κ3) is 3.46. The normalized spacial score (nSPS) is 12.4. The maximum absolute atomic E-state index is 12.3. The van der Waals surface area contributed by atoms with E-state index in [9.17, 15) is 4.79 Å². The number of rotatable bonds is 4. The second-order valence-electron chi connectivity index (χ2n) is 6.25. The number of carbonyl (C=O) groups excluding carboxylic acids is 1. The highest BCUT2D eigenvalue weighted by Gasteiger charge is 2.29. The Morgan fingerprint density at radius 2 is 1.67 bits per heavy atom. The van der Waals surface area contributed by atoms with Gasteiger partial charge in [0.05, 0.1) is 18.0 Å². The van der Waals surface area contributed by atoms with Gasteiger partial charge in [-0.15, -0.1) is 0 Å². The lowest BCUT2D eigenvalue weighted by molar-refractivity contribution is 0.158.